The van der Waals surface area contributed by atoms with E-state index in [1.54, 1.807) is 18.2 Å². The van der Waals surface area contributed by atoms with Gasteiger partial charge in [0.2, 0.25) is 0 Å². The fraction of sp³-hybridized carbons (Fsp3) is 0.280. The first-order valence-corrected chi connectivity index (χ1v) is 11.0. The summed E-state index contributed by atoms with van der Waals surface area (Å²) in [4.78, 5) is 12.6. The fourth-order valence-corrected chi connectivity index (χ4v) is 4.66. The van der Waals surface area contributed by atoms with E-state index in [2.05, 4.69) is 51.7 Å². The van der Waals surface area contributed by atoms with E-state index >= 15 is 0 Å². The summed E-state index contributed by atoms with van der Waals surface area (Å²) in [6.45, 7) is 2.30. The van der Waals surface area contributed by atoms with Crippen molar-refractivity contribution in [2.24, 2.45) is 5.10 Å². The highest BCUT2D eigenvalue weighted by Gasteiger charge is 2.31. The Bertz CT molecular complexity index is 1200. The van der Waals surface area contributed by atoms with E-state index in [0.717, 1.165) is 12.8 Å². The number of para-hydroxylation sites is 1. The molecule has 7 nitrogen and oxygen atoms in total. The molecule has 1 aliphatic heterocycles. The van der Waals surface area contributed by atoms with Crippen LogP contribution in [0.4, 0.5) is 0 Å². The monoisotopic (exact) mass is 430 g/mol. The molecular formula is C25H26N4O3. The van der Waals surface area contributed by atoms with Crippen LogP contribution < -0.4 is 21.0 Å². The third kappa shape index (κ3) is 3.70. The Morgan fingerprint density at radius 2 is 1.97 bits per heavy atom. The summed E-state index contributed by atoms with van der Waals surface area (Å²) in [6.07, 6.45) is 4.22. The predicted octanol–water partition coefficient (Wildman–Crippen LogP) is 3.10. The van der Waals surface area contributed by atoms with Crippen molar-refractivity contribution in [3.63, 3.8) is 0 Å². The van der Waals surface area contributed by atoms with Gasteiger partial charge in [-0.1, -0.05) is 36.4 Å². The Labute approximate surface area is 186 Å². The molecule has 32 heavy (non-hydrogen) atoms. The molecule has 1 fully saturated rings. The number of benzene rings is 3. The minimum Gasteiger partial charge on any atom is -0.504 e. The molecule has 2 unspecified atom stereocenters. The normalized spacial score (nSPS) is 19.7. The highest BCUT2D eigenvalue weighted by molar-refractivity contribution is 5.94. The minimum absolute atomic E-state index is 0.000115. The van der Waals surface area contributed by atoms with Crippen LogP contribution in [-0.4, -0.2) is 29.9 Å². The Hall–Kier alpha value is -3.42. The maximum atomic E-state index is 12.6. The molecule has 0 spiro atoms. The number of hydrazone groups is 1. The summed E-state index contributed by atoms with van der Waals surface area (Å²) in [5.74, 6) is 0.153. The van der Waals surface area contributed by atoms with Crippen molar-refractivity contribution in [2.75, 3.05) is 6.61 Å². The molecule has 0 bridgehead atoms. The number of phenols is 1. The number of aryl methyl sites for hydroxylation is 2. The highest BCUT2D eigenvalue weighted by Crippen LogP contribution is 2.36. The van der Waals surface area contributed by atoms with Crippen LogP contribution in [0, 0.1) is 0 Å². The van der Waals surface area contributed by atoms with E-state index in [1.165, 1.54) is 33.7 Å². The molecule has 164 valence electrons. The van der Waals surface area contributed by atoms with Crippen LogP contribution in [0.5, 0.6) is 11.5 Å². The first-order chi connectivity index (χ1) is 15.7. The standard InChI is InChI=1S/C25H26N4O3/c1-2-32-22-8-4-6-17(24(22)30)14-26-29-25(31)21-13-20(27-28-21)18-12-11-16-10-9-15-5-3-7-19(18)23(15)16/h3-8,11-12,14,20-21,27-28,30H,2,9-10,13H2,1H3,(H,29,31)/b26-14+. The number of rotatable bonds is 6. The van der Waals surface area contributed by atoms with Gasteiger partial charge in [-0.3, -0.25) is 4.79 Å². The zero-order valence-electron chi connectivity index (χ0n) is 17.9. The van der Waals surface area contributed by atoms with Gasteiger partial charge in [-0.05, 0) is 65.8 Å². The van der Waals surface area contributed by atoms with Crippen molar-refractivity contribution in [2.45, 2.75) is 38.3 Å². The topological polar surface area (TPSA) is 95.0 Å². The average molecular weight is 431 g/mol. The lowest BCUT2D eigenvalue weighted by Gasteiger charge is -2.14. The largest absolute Gasteiger partial charge is 0.504 e. The lowest BCUT2D eigenvalue weighted by Crippen LogP contribution is -2.41. The number of hydrazine groups is 1. The van der Waals surface area contributed by atoms with Gasteiger partial charge < -0.3 is 9.84 Å². The number of carbonyl (C=O) groups is 1. The second-order valence-electron chi connectivity index (χ2n) is 8.14. The maximum absolute atomic E-state index is 12.6. The molecule has 3 aromatic rings. The molecule has 7 heteroatoms. The van der Waals surface area contributed by atoms with Crippen molar-refractivity contribution >= 4 is 22.9 Å². The molecule has 1 amide bonds. The molecule has 4 N–H and O–H groups in total. The number of carbonyl (C=O) groups excluding carboxylic acids is 1. The van der Waals surface area contributed by atoms with Crippen LogP contribution in [0.3, 0.4) is 0 Å². The van der Waals surface area contributed by atoms with Gasteiger partial charge in [-0.15, -0.1) is 0 Å². The van der Waals surface area contributed by atoms with Crippen LogP contribution in [0.25, 0.3) is 10.8 Å². The van der Waals surface area contributed by atoms with E-state index in [1.807, 2.05) is 6.92 Å². The van der Waals surface area contributed by atoms with Gasteiger partial charge in [0.25, 0.3) is 5.91 Å². The molecule has 0 saturated carbocycles. The number of hydrogen-bond acceptors (Lipinski definition) is 6. The summed E-state index contributed by atoms with van der Waals surface area (Å²) in [5.41, 5.74) is 13.4. The zero-order valence-corrected chi connectivity index (χ0v) is 17.9. The average Bonchev–Trinajstić information content (AvgIpc) is 3.46. The molecular weight excluding hydrogens is 404 g/mol. The number of nitrogens with zero attached hydrogens (tertiary/aromatic N) is 1. The minimum atomic E-state index is -0.413. The molecule has 1 saturated heterocycles. The van der Waals surface area contributed by atoms with Crippen LogP contribution in [-0.2, 0) is 17.6 Å². The summed E-state index contributed by atoms with van der Waals surface area (Å²) >= 11 is 0. The van der Waals surface area contributed by atoms with Gasteiger partial charge in [0, 0.05) is 11.6 Å². The second-order valence-corrected chi connectivity index (χ2v) is 8.14. The van der Waals surface area contributed by atoms with E-state index in [0.29, 0.717) is 24.3 Å². The van der Waals surface area contributed by atoms with Crippen LogP contribution in [0.15, 0.2) is 53.6 Å². The van der Waals surface area contributed by atoms with E-state index in [9.17, 15) is 9.90 Å². The van der Waals surface area contributed by atoms with Crippen LogP contribution in [0.2, 0.25) is 0 Å². The first kappa shape index (κ1) is 20.5. The molecule has 1 aliphatic carbocycles. The summed E-state index contributed by atoms with van der Waals surface area (Å²) in [6, 6.07) is 15.7. The Morgan fingerprint density at radius 1 is 1.16 bits per heavy atom. The Morgan fingerprint density at radius 3 is 2.81 bits per heavy atom. The van der Waals surface area contributed by atoms with E-state index in [4.69, 9.17) is 4.74 Å². The van der Waals surface area contributed by atoms with Gasteiger partial charge in [0.1, 0.15) is 6.04 Å². The summed E-state index contributed by atoms with van der Waals surface area (Å²) in [7, 11) is 0. The number of amides is 1. The molecule has 5 rings (SSSR count). The first-order valence-electron chi connectivity index (χ1n) is 11.0. The van der Waals surface area contributed by atoms with E-state index < -0.39 is 6.04 Å². The molecule has 2 aliphatic rings. The second kappa shape index (κ2) is 8.61. The molecule has 3 aromatic carbocycles. The van der Waals surface area contributed by atoms with Gasteiger partial charge in [0.05, 0.1) is 12.8 Å². The highest BCUT2D eigenvalue weighted by atomic mass is 16.5. The van der Waals surface area contributed by atoms with Crippen LogP contribution >= 0.6 is 0 Å². The number of aromatic hydroxyl groups is 1. The van der Waals surface area contributed by atoms with Gasteiger partial charge in [0.15, 0.2) is 11.5 Å². The number of phenolic OH excluding ortho intramolecular Hbond substituents is 1. The van der Waals surface area contributed by atoms with Crippen molar-refractivity contribution in [1.29, 1.82) is 0 Å². The Kier molecular flexibility index (Phi) is 5.51. The maximum Gasteiger partial charge on any atom is 0.258 e. The van der Waals surface area contributed by atoms with Crippen molar-refractivity contribution in [3.05, 3.63) is 70.8 Å². The summed E-state index contributed by atoms with van der Waals surface area (Å²) < 4.78 is 5.37. The molecule has 0 radical (unpaired) electrons. The molecule has 0 aromatic heterocycles. The summed E-state index contributed by atoms with van der Waals surface area (Å²) in [5, 5.41) is 16.9. The zero-order chi connectivity index (χ0) is 22.1. The Balaban J connectivity index is 1.26. The number of hydrogen-bond donors (Lipinski definition) is 4. The van der Waals surface area contributed by atoms with Gasteiger partial charge in [-0.25, -0.2) is 16.3 Å². The fourth-order valence-electron chi connectivity index (χ4n) is 4.66. The third-order valence-electron chi connectivity index (χ3n) is 6.21. The number of nitrogens with one attached hydrogen (secondary N) is 3. The van der Waals surface area contributed by atoms with Gasteiger partial charge >= 0.3 is 0 Å². The molecule has 1 heterocycles. The van der Waals surface area contributed by atoms with E-state index in [-0.39, 0.29) is 17.7 Å². The SMILES string of the molecule is CCOc1cccc(/C=N/NC(=O)C2CC(c3ccc4c5c(cccc35)CC4)NN2)c1O. The number of ether oxygens (including phenoxy) is 1. The van der Waals surface area contributed by atoms with Crippen molar-refractivity contribution < 1.29 is 14.6 Å². The smallest absolute Gasteiger partial charge is 0.258 e. The van der Waals surface area contributed by atoms with Gasteiger partial charge in [-0.2, -0.15) is 5.10 Å². The molecule has 2 atom stereocenters. The van der Waals surface area contributed by atoms with Crippen molar-refractivity contribution in [3.8, 4) is 11.5 Å². The quantitative estimate of drug-likeness (QED) is 0.356. The lowest BCUT2D eigenvalue weighted by atomic mass is 9.93. The lowest BCUT2D eigenvalue weighted by molar-refractivity contribution is -0.122. The van der Waals surface area contributed by atoms with Crippen LogP contribution in [0.1, 0.15) is 41.6 Å². The van der Waals surface area contributed by atoms with Crippen molar-refractivity contribution in [1.82, 2.24) is 16.3 Å². The third-order valence-corrected chi connectivity index (χ3v) is 6.21. The predicted molar refractivity (Wildman–Crippen MR) is 124 cm³/mol.